The average Bonchev–Trinajstić information content (AvgIpc) is 3.09. The van der Waals surface area contributed by atoms with Crippen LogP contribution in [0.25, 0.3) is 0 Å². The van der Waals surface area contributed by atoms with Crippen molar-refractivity contribution in [3.63, 3.8) is 0 Å². The van der Waals surface area contributed by atoms with Crippen LogP contribution in [0.1, 0.15) is 96.8 Å². The topological polar surface area (TPSA) is 94.8 Å². The number of allylic oxidation sites excluding steroid dienone is 3. The van der Waals surface area contributed by atoms with Gasteiger partial charge in [-0.15, -0.1) is 0 Å². The van der Waals surface area contributed by atoms with E-state index in [0.717, 1.165) is 44.9 Å². The molecule has 2 saturated carbocycles. The highest BCUT2D eigenvalue weighted by molar-refractivity contribution is 5.94. The van der Waals surface area contributed by atoms with E-state index in [9.17, 15) is 19.8 Å². The summed E-state index contributed by atoms with van der Waals surface area (Å²) in [4.78, 5) is 23.5. The van der Waals surface area contributed by atoms with Crippen molar-refractivity contribution in [2.45, 2.75) is 103 Å². The van der Waals surface area contributed by atoms with E-state index in [0.29, 0.717) is 24.5 Å². The molecule has 3 N–H and O–H groups in total. The standard InChI is InChI=1S/C26H42O5/c1-2-3-4-8-16-26(17-9-18-26)25(31)15-13-20-12-14-22(28)21(20)10-6-5-7-11-23(29)24(30)19-27/h5,7,11,20-21,25,27,29,31H,2-4,6,8-10,12-19H2,1H3/t20-,21-,25?/m1/s1. The molecular formula is C26H42O5. The number of unbranched alkanes of at least 4 members (excludes halogenated alkanes) is 3. The quantitative estimate of drug-likeness (QED) is 0.142. The van der Waals surface area contributed by atoms with Crippen LogP contribution in [0.2, 0.25) is 0 Å². The summed E-state index contributed by atoms with van der Waals surface area (Å²) >= 11 is 0. The van der Waals surface area contributed by atoms with Crippen LogP contribution in [0.15, 0.2) is 24.0 Å². The highest BCUT2D eigenvalue weighted by atomic mass is 16.3. The number of hydrogen-bond donors (Lipinski definition) is 3. The molecule has 0 bridgehead atoms. The van der Waals surface area contributed by atoms with Gasteiger partial charge in [0, 0.05) is 12.3 Å². The fourth-order valence-electron chi connectivity index (χ4n) is 5.39. The van der Waals surface area contributed by atoms with Crippen LogP contribution < -0.4 is 0 Å². The molecule has 0 heterocycles. The zero-order valence-corrected chi connectivity index (χ0v) is 19.2. The summed E-state index contributed by atoms with van der Waals surface area (Å²) in [7, 11) is 0. The first kappa shape index (κ1) is 25.8. The van der Waals surface area contributed by atoms with E-state index in [2.05, 4.69) is 6.92 Å². The number of carbonyl (C=O) groups is 2. The normalized spacial score (nSPS) is 24.5. The van der Waals surface area contributed by atoms with Crippen molar-refractivity contribution in [3.05, 3.63) is 24.0 Å². The Morgan fingerprint density at radius 1 is 1.23 bits per heavy atom. The number of carbonyl (C=O) groups excluding carboxylic acids is 2. The maximum Gasteiger partial charge on any atom is 0.222 e. The highest BCUT2D eigenvalue weighted by Gasteiger charge is 2.43. The number of aliphatic hydroxyl groups is 3. The van der Waals surface area contributed by atoms with Crippen LogP contribution in [0.3, 0.4) is 0 Å². The summed E-state index contributed by atoms with van der Waals surface area (Å²) in [6, 6.07) is 0. The maximum absolute atomic E-state index is 12.4. The molecule has 0 aromatic carbocycles. The van der Waals surface area contributed by atoms with Crippen LogP contribution in [-0.2, 0) is 9.59 Å². The highest BCUT2D eigenvalue weighted by Crippen LogP contribution is 2.50. The smallest absolute Gasteiger partial charge is 0.222 e. The SMILES string of the molecule is CCCCCCC1(C(O)CC[C@H]2CCC(=O)[C@@H]2CCC=CC=C(O)C(=O)CO)CCC1. The second-order valence-corrected chi connectivity index (χ2v) is 9.63. The number of ketones is 2. The van der Waals surface area contributed by atoms with E-state index in [1.54, 1.807) is 6.08 Å². The molecule has 3 atom stereocenters. The Bertz CT molecular complexity index is 632. The van der Waals surface area contributed by atoms with Crippen molar-refractivity contribution < 1.29 is 24.9 Å². The summed E-state index contributed by atoms with van der Waals surface area (Å²) in [5, 5.41) is 29.1. The van der Waals surface area contributed by atoms with Gasteiger partial charge in [0.25, 0.3) is 0 Å². The van der Waals surface area contributed by atoms with Crippen LogP contribution in [0.5, 0.6) is 0 Å². The van der Waals surface area contributed by atoms with Gasteiger partial charge in [0.1, 0.15) is 12.4 Å². The first-order valence-electron chi connectivity index (χ1n) is 12.3. The van der Waals surface area contributed by atoms with Crippen molar-refractivity contribution in [2.75, 3.05) is 6.61 Å². The van der Waals surface area contributed by atoms with E-state index < -0.39 is 18.1 Å². The first-order valence-corrected chi connectivity index (χ1v) is 12.3. The summed E-state index contributed by atoms with van der Waals surface area (Å²) in [6.07, 6.45) is 18.9. The van der Waals surface area contributed by atoms with Gasteiger partial charge in [-0.1, -0.05) is 51.2 Å². The van der Waals surface area contributed by atoms with E-state index >= 15 is 0 Å². The molecule has 0 spiro atoms. The molecular weight excluding hydrogens is 392 g/mol. The van der Waals surface area contributed by atoms with Crippen molar-refractivity contribution >= 4 is 11.6 Å². The Kier molecular flexibility index (Phi) is 11.0. The average molecular weight is 435 g/mol. The molecule has 0 aromatic heterocycles. The minimum absolute atomic E-state index is 0.0513. The van der Waals surface area contributed by atoms with Gasteiger partial charge in [-0.2, -0.15) is 0 Å². The fourth-order valence-corrected chi connectivity index (χ4v) is 5.39. The number of Topliss-reactive ketones (excluding diaryl/α,β-unsaturated/α-hetero) is 2. The van der Waals surface area contributed by atoms with Gasteiger partial charge < -0.3 is 15.3 Å². The Labute approximate surface area is 187 Å². The first-order chi connectivity index (χ1) is 14.9. The van der Waals surface area contributed by atoms with Gasteiger partial charge in [0.05, 0.1) is 6.10 Å². The van der Waals surface area contributed by atoms with Crippen molar-refractivity contribution in [1.29, 1.82) is 0 Å². The van der Waals surface area contributed by atoms with Gasteiger partial charge in [0.15, 0.2) is 5.76 Å². The Morgan fingerprint density at radius 3 is 2.65 bits per heavy atom. The van der Waals surface area contributed by atoms with E-state index in [1.165, 1.54) is 38.2 Å². The Hall–Kier alpha value is -1.46. The number of rotatable bonds is 15. The van der Waals surface area contributed by atoms with Gasteiger partial charge in [-0.25, -0.2) is 0 Å². The largest absolute Gasteiger partial charge is 0.504 e. The van der Waals surface area contributed by atoms with Crippen LogP contribution in [0, 0.1) is 17.3 Å². The molecule has 0 amide bonds. The molecule has 31 heavy (non-hydrogen) atoms. The van der Waals surface area contributed by atoms with E-state index in [4.69, 9.17) is 5.11 Å². The molecule has 2 aliphatic rings. The lowest BCUT2D eigenvalue weighted by atomic mass is 9.61. The Balaban J connectivity index is 1.78. The second-order valence-electron chi connectivity index (χ2n) is 9.63. The zero-order valence-electron chi connectivity index (χ0n) is 19.2. The van der Waals surface area contributed by atoms with E-state index in [-0.39, 0.29) is 17.4 Å². The lowest BCUT2D eigenvalue weighted by Crippen LogP contribution is -2.41. The zero-order chi connectivity index (χ0) is 22.7. The molecule has 0 radical (unpaired) electrons. The van der Waals surface area contributed by atoms with Crippen LogP contribution in [-0.4, -0.2) is 39.6 Å². The molecule has 5 nitrogen and oxygen atoms in total. The lowest BCUT2D eigenvalue weighted by molar-refractivity contribution is -0.121. The Morgan fingerprint density at radius 2 is 2.00 bits per heavy atom. The molecule has 2 fully saturated rings. The summed E-state index contributed by atoms with van der Waals surface area (Å²) < 4.78 is 0. The van der Waals surface area contributed by atoms with E-state index in [1.807, 2.05) is 6.08 Å². The van der Waals surface area contributed by atoms with Gasteiger partial charge in [0.2, 0.25) is 5.78 Å². The fraction of sp³-hybridized carbons (Fsp3) is 0.769. The van der Waals surface area contributed by atoms with Gasteiger partial charge in [-0.3, -0.25) is 9.59 Å². The second kappa shape index (κ2) is 13.2. The maximum atomic E-state index is 12.4. The third-order valence-corrected chi connectivity index (χ3v) is 7.60. The molecule has 0 saturated heterocycles. The predicted octanol–water partition coefficient (Wildman–Crippen LogP) is 5.20. The van der Waals surface area contributed by atoms with Crippen molar-refractivity contribution in [3.8, 4) is 0 Å². The summed E-state index contributed by atoms with van der Waals surface area (Å²) in [6.45, 7) is 1.52. The van der Waals surface area contributed by atoms with Crippen molar-refractivity contribution in [1.82, 2.24) is 0 Å². The van der Waals surface area contributed by atoms with Crippen LogP contribution in [0.4, 0.5) is 0 Å². The third kappa shape index (κ3) is 7.57. The lowest BCUT2D eigenvalue weighted by Gasteiger charge is -2.46. The third-order valence-electron chi connectivity index (χ3n) is 7.60. The predicted molar refractivity (Wildman–Crippen MR) is 123 cm³/mol. The van der Waals surface area contributed by atoms with Crippen molar-refractivity contribution in [2.24, 2.45) is 17.3 Å². The molecule has 1 unspecified atom stereocenters. The molecule has 176 valence electrons. The molecule has 2 aliphatic carbocycles. The van der Waals surface area contributed by atoms with Gasteiger partial charge >= 0.3 is 0 Å². The number of aliphatic hydroxyl groups excluding tert-OH is 3. The van der Waals surface area contributed by atoms with Gasteiger partial charge in [-0.05, 0) is 68.8 Å². The summed E-state index contributed by atoms with van der Waals surface area (Å²) in [5.41, 5.74) is 0.134. The minimum atomic E-state index is -0.708. The monoisotopic (exact) mass is 434 g/mol. The van der Waals surface area contributed by atoms with Crippen LogP contribution >= 0.6 is 0 Å². The molecule has 0 aliphatic heterocycles. The summed E-state index contributed by atoms with van der Waals surface area (Å²) in [5.74, 6) is -0.422. The minimum Gasteiger partial charge on any atom is -0.504 e. The molecule has 5 heteroatoms. The molecule has 2 rings (SSSR count). The number of hydrogen-bond acceptors (Lipinski definition) is 5. The molecule has 0 aromatic rings.